The van der Waals surface area contributed by atoms with Crippen LogP contribution in [0, 0.1) is 0 Å². The van der Waals surface area contributed by atoms with E-state index in [9.17, 15) is 5.11 Å². The summed E-state index contributed by atoms with van der Waals surface area (Å²) in [5, 5.41) is 25.5. The van der Waals surface area contributed by atoms with Gasteiger partial charge in [0.05, 0.1) is 13.2 Å². The maximum atomic E-state index is 10.8. The molecule has 2 aromatic carbocycles. The monoisotopic (exact) mass is 416 g/mol. The zero-order chi connectivity index (χ0) is 21.2. The summed E-state index contributed by atoms with van der Waals surface area (Å²) in [4.78, 5) is 2.35. The van der Waals surface area contributed by atoms with Crippen LogP contribution in [0.15, 0.2) is 48.5 Å². The lowest BCUT2D eigenvalue weighted by atomic mass is 9.97. The fourth-order valence-corrected chi connectivity index (χ4v) is 4.61. The average molecular weight is 417 g/mol. The smallest absolute Gasteiger partial charge is 0.156 e. The van der Waals surface area contributed by atoms with Crippen LogP contribution < -0.4 is 5.32 Å². The lowest BCUT2D eigenvalue weighted by molar-refractivity contribution is 0.161. The minimum atomic E-state index is 0.221. The SMILES string of the molecule is CN1CCC[C@@H](Nc2nnc(-c3ccc(C4=CCOCC4)cc3O)c3ccccc23)C1. The Morgan fingerprint density at radius 2 is 2.00 bits per heavy atom. The van der Waals surface area contributed by atoms with Crippen LogP contribution in [0.1, 0.15) is 24.8 Å². The van der Waals surface area contributed by atoms with Crippen molar-refractivity contribution in [3.8, 4) is 17.0 Å². The van der Waals surface area contributed by atoms with E-state index < -0.39 is 0 Å². The molecule has 1 fully saturated rings. The van der Waals surface area contributed by atoms with Crippen LogP contribution in [0.5, 0.6) is 5.75 Å². The molecule has 0 amide bonds. The molecular formula is C25H28N4O2. The number of likely N-dealkylation sites (N-methyl/N-ethyl adjacent to an activating group) is 1. The zero-order valence-electron chi connectivity index (χ0n) is 17.8. The highest BCUT2D eigenvalue weighted by atomic mass is 16.5. The molecule has 0 spiro atoms. The highest BCUT2D eigenvalue weighted by molar-refractivity contribution is 6.01. The maximum absolute atomic E-state index is 10.8. The number of benzene rings is 2. The molecule has 0 aliphatic carbocycles. The van der Waals surface area contributed by atoms with E-state index >= 15 is 0 Å². The van der Waals surface area contributed by atoms with Crippen LogP contribution >= 0.6 is 0 Å². The second-order valence-electron chi connectivity index (χ2n) is 8.47. The molecule has 3 aromatic rings. The Morgan fingerprint density at radius 1 is 1.13 bits per heavy atom. The van der Waals surface area contributed by atoms with Crippen LogP contribution in [0.25, 0.3) is 27.6 Å². The third-order valence-corrected chi connectivity index (χ3v) is 6.24. The summed E-state index contributed by atoms with van der Waals surface area (Å²) in [7, 11) is 2.16. The summed E-state index contributed by atoms with van der Waals surface area (Å²) in [5.41, 5.74) is 3.64. The Balaban J connectivity index is 1.50. The first-order chi connectivity index (χ1) is 15.2. The third kappa shape index (κ3) is 4.13. The summed E-state index contributed by atoms with van der Waals surface area (Å²) in [6, 6.07) is 14.3. The highest BCUT2D eigenvalue weighted by Gasteiger charge is 2.20. The maximum Gasteiger partial charge on any atom is 0.156 e. The van der Waals surface area contributed by atoms with Gasteiger partial charge in [-0.1, -0.05) is 36.4 Å². The zero-order valence-corrected chi connectivity index (χ0v) is 17.8. The lowest BCUT2D eigenvalue weighted by Crippen LogP contribution is -2.40. The molecule has 2 aliphatic rings. The van der Waals surface area contributed by atoms with Gasteiger partial charge in [-0.3, -0.25) is 0 Å². The van der Waals surface area contributed by atoms with Crippen molar-refractivity contribution in [1.29, 1.82) is 0 Å². The first kappa shape index (κ1) is 20.0. The molecule has 1 aromatic heterocycles. The fourth-order valence-electron chi connectivity index (χ4n) is 4.61. The molecule has 160 valence electrons. The molecule has 1 saturated heterocycles. The number of nitrogens with zero attached hydrogens (tertiary/aromatic N) is 3. The van der Waals surface area contributed by atoms with Crippen LogP contribution in [-0.4, -0.2) is 59.6 Å². The minimum Gasteiger partial charge on any atom is -0.507 e. The van der Waals surface area contributed by atoms with E-state index in [2.05, 4.69) is 39.6 Å². The van der Waals surface area contributed by atoms with Crippen molar-refractivity contribution in [2.24, 2.45) is 0 Å². The topological polar surface area (TPSA) is 70.5 Å². The van der Waals surface area contributed by atoms with Gasteiger partial charge in [-0.25, -0.2) is 0 Å². The van der Waals surface area contributed by atoms with Crippen LogP contribution in [0.4, 0.5) is 5.82 Å². The third-order valence-electron chi connectivity index (χ3n) is 6.24. The summed E-state index contributed by atoms with van der Waals surface area (Å²) >= 11 is 0. The van der Waals surface area contributed by atoms with E-state index in [1.54, 1.807) is 0 Å². The van der Waals surface area contributed by atoms with Crippen molar-refractivity contribution in [1.82, 2.24) is 15.1 Å². The number of hydrogen-bond donors (Lipinski definition) is 2. The van der Waals surface area contributed by atoms with Gasteiger partial charge in [0.15, 0.2) is 5.82 Å². The van der Waals surface area contributed by atoms with E-state index in [1.165, 1.54) is 12.0 Å². The Labute approximate surface area is 182 Å². The number of rotatable bonds is 4. The largest absolute Gasteiger partial charge is 0.507 e. The summed E-state index contributed by atoms with van der Waals surface area (Å²) in [6.45, 7) is 3.48. The van der Waals surface area contributed by atoms with Crippen molar-refractivity contribution in [2.45, 2.75) is 25.3 Å². The Hall–Kier alpha value is -2.96. The van der Waals surface area contributed by atoms with Gasteiger partial charge < -0.3 is 20.1 Å². The summed E-state index contributed by atoms with van der Waals surface area (Å²) < 4.78 is 5.40. The number of fused-ring (bicyclic) bond motifs is 1. The van der Waals surface area contributed by atoms with Crippen LogP contribution in [0.3, 0.4) is 0 Å². The van der Waals surface area contributed by atoms with Crippen LogP contribution in [0.2, 0.25) is 0 Å². The number of piperidine rings is 1. The van der Waals surface area contributed by atoms with Gasteiger partial charge >= 0.3 is 0 Å². The molecule has 0 unspecified atom stereocenters. The van der Waals surface area contributed by atoms with E-state index in [-0.39, 0.29) is 5.75 Å². The molecule has 1 atom stereocenters. The molecule has 0 radical (unpaired) electrons. The second kappa shape index (κ2) is 8.65. The number of aromatic nitrogens is 2. The van der Waals surface area contributed by atoms with Crippen molar-refractivity contribution in [2.75, 3.05) is 38.7 Å². The number of phenolic OH excluding ortho intramolecular Hbond substituents is 1. The van der Waals surface area contributed by atoms with Gasteiger partial charge in [0, 0.05) is 28.9 Å². The van der Waals surface area contributed by atoms with Gasteiger partial charge in [0.2, 0.25) is 0 Å². The standard InChI is InChI=1S/C25H28N4O2/c1-29-12-4-5-19(16-29)26-25-21-7-3-2-6-20(21)24(27-28-25)22-9-8-18(15-23(22)30)17-10-13-31-14-11-17/h2-3,6-10,15,19,30H,4-5,11-14,16H2,1H3,(H,26,28)/t19-/m1/s1. The highest BCUT2D eigenvalue weighted by Crippen LogP contribution is 2.37. The van der Waals surface area contributed by atoms with Gasteiger partial charge in [-0.05, 0) is 56.1 Å². The molecule has 2 aliphatic heterocycles. The predicted molar refractivity (Wildman–Crippen MR) is 124 cm³/mol. The van der Waals surface area contributed by atoms with Crippen molar-refractivity contribution in [3.05, 3.63) is 54.1 Å². The lowest BCUT2D eigenvalue weighted by Gasteiger charge is -2.30. The van der Waals surface area contributed by atoms with Gasteiger partial charge in [0.25, 0.3) is 0 Å². The summed E-state index contributed by atoms with van der Waals surface area (Å²) in [6.07, 6.45) is 5.25. The molecule has 2 N–H and O–H groups in total. The summed E-state index contributed by atoms with van der Waals surface area (Å²) in [5.74, 6) is 1.03. The molecular weight excluding hydrogens is 388 g/mol. The number of aromatic hydroxyl groups is 1. The molecule has 0 saturated carbocycles. The first-order valence-corrected chi connectivity index (χ1v) is 11.0. The van der Waals surface area contributed by atoms with E-state index in [0.29, 0.717) is 23.9 Å². The number of likely N-dealkylation sites (tertiary alicyclic amines) is 1. The van der Waals surface area contributed by atoms with Gasteiger partial charge in [0.1, 0.15) is 11.4 Å². The molecule has 3 heterocycles. The molecule has 31 heavy (non-hydrogen) atoms. The van der Waals surface area contributed by atoms with Crippen molar-refractivity contribution >= 4 is 22.2 Å². The quantitative estimate of drug-likeness (QED) is 0.660. The normalized spacial score (nSPS) is 19.9. The second-order valence-corrected chi connectivity index (χ2v) is 8.47. The van der Waals surface area contributed by atoms with Crippen molar-refractivity contribution < 1.29 is 9.84 Å². The molecule has 0 bridgehead atoms. The number of ether oxygens (including phenoxy) is 1. The first-order valence-electron chi connectivity index (χ1n) is 11.0. The predicted octanol–water partition coefficient (Wildman–Crippen LogP) is 4.31. The average Bonchev–Trinajstić information content (AvgIpc) is 2.80. The molecule has 6 heteroatoms. The van der Waals surface area contributed by atoms with Gasteiger partial charge in [-0.2, -0.15) is 0 Å². The van der Waals surface area contributed by atoms with E-state index in [0.717, 1.165) is 54.7 Å². The number of hydrogen-bond acceptors (Lipinski definition) is 6. The molecule has 6 nitrogen and oxygen atoms in total. The minimum absolute atomic E-state index is 0.221. The van der Waals surface area contributed by atoms with Crippen LogP contribution in [-0.2, 0) is 4.74 Å². The number of nitrogens with one attached hydrogen (secondary N) is 1. The van der Waals surface area contributed by atoms with E-state index in [1.807, 2.05) is 36.4 Å². The Kier molecular flexibility index (Phi) is 5.57. The molecule has 5 rings (SSSR count). The number of anilines is 1. The Morgan fingerprint density at radius 3 is 2.77 bits per heavy atom. The van der Waals surface area contributed by atoms with Gasteiger partial charge in [-0.15, -0.1) is 10.2 Å². The van der Waals surface area contributed by atoms with Crippen molar-refractivity contribution in [3.63, 3.8) is 0 Å². The fraction of sp³-hybridized carbons (Fsp3) is 0.360. The number of phenols is 1. The van der Waals surface area contributed by atoms with E-state index in [4.69, 9.17) is 4.74 Å². The Bertz CT molecular complexity index is 1130.